The Kier molecular flexibility index (Phi) is 8.17. The third-order valence-corrected chi connectivity index (χ3v) is 1.31. The highest BCUT2D eigenvalue weighted by atomic mass is 16.7. The molecule has 14 heavy (non-hydrogen) atoms. The van der Waals surface area contributed by atoms with Crippen LogP contribution in [-0.2, 0) is 9.47 Å². The fourth-order valence-corrected chi connectivity index (χ4v) is 0.655. The number of ether oxygens (including phenoxy) is 2. The van der Waals surface area contributed by atoms with Crippen molar-refractivity contribution in [3.8, 4) is 12.1 Å². The van der Waals surface area contributed by atoms with Crippen LogP contribution < -0.4 is 0 Å². The number of hydrogen-bond donors (Lipinski definition) is 0. The monoisotopic (exact) mass is 196 g/mol. The summed E-state index contributed by atoms with van der Waals surface area (Å²) in [5, 5.41) is 16.4. The summed E-state index contributed by atoms with van der Waals surface area (Å²) in [6, 6.07) is 3.87. The fraction of sp³-hybridized carbons (Fsp3) is 0.667. The average molecular weight is 196 g/mol. The van der Waals surface area contributed by atoms with Crippen molar-refractivity contribution in [1.82, 2.24) is 0 Å². The van der Waals surface area contributed by atoms with Gasteiger partial charge in [-0.3, -0.25) is 0 Å². The molecule has 0 fully saturated rings. The molecule has 0 aliphatic carbocycles. The molecule has 0 aliphatic rings. The molecule has 0 atom stereocenters. The van der Waals surface area contributed by atoms with E-state index in [-0.39, 0.29) is 13.2 Å². The van der Waals surface area contributed by atoms with Gasteiger partial charge in [-0.25, -0.2) is 4.79 Å². The second-order valence-corrected chi connectivity index (χ2v) is 2.47. The quantitative estimate of drug-likeness (QED) is 0.477. The van der Waals surface area contributed by atoms with Crippen LogP contribution >= 0.6 is 0 Å². The van der Waals surface area contributed by atoms with Crippen LogP contribution in [0.2, 0.25) is 0 Å². The van der Waals surface area contributed by atoms with Gasteiger partial charge in [0, 0.05) is 12.8 Å². The Morgan fingerprint density at radius 2 is 1.43 bits per heavy atom. The summed E-state index contributed by atoms with van der Waals surface area (Å²) in [6.45, 7) is 0.398. The van der Waals surface area contributed by atoms with Crippen molar-refractivity contribution in [2.75, 3.05) is 13.2 Å². The van der Waals surface area contributed by atoms with Gasteiger partial charge >= 0.3 is 6.16 Å². The molecule has 0 saturated carbocycles. The molecular weight excluding hydrogens is 184 g/mol. The van der Waals surface area contributed by atoms with Gasteiger partial charge in [0.2, 0.25) is 0 Å². The summed E-state index contributed by atoms with van der Waals surface area (Å²) in [4.78, 5) is 10.8. The molecule has 5 heteroatoms. The van der Waals surface area contributed by atoms with Gasteiger partial charge in [0.1, 0.15) is 0 Å². The smallest absolute Gasteiger partial charge is 0.434 e. The normalized spacial score (nSPS) is 8.43. The van der Waals surface area contributed by atoms with E-state index in [1.807, 2.05) is 12.1 Å². The average Bonchev–Trinajstić information content (AvgIpc) is 2.19. The lowest BCUT2D eigenvalue weighted by Gasteiger charge is -2.03. The van der Waals surface area contributed by atoms with Crippen LogP contribution in [0.4, 0.5) is 4.79 Å². The lowest BCUT2D eigenvalue weighted by Crippen LogP contribution is -2.09. The van der Waals surface area contributed by atoms with E-state index >= 15 is 0 Å². The maximum atomic E-state index is 10.8. The first-order chi connectivity index (χ1) is 6.81. The van der Waals surface area contributed by atoms with Crippen molar-refractivity contribution in [3.63, 3.8) is 0 Å². The molecule has 0 saturated heterocycles. The Hall–Kier alpha value is -1.75. The molecule has 0 spiro atoms. The number of unbranched alkanes of at least 4 members (excludes halogenated alkanes) is 2. The number of carbonyl (C=O) groups is 1. The first-order valence-corrected chi connectivity index (χ1v) is 4.34. The molecule has 0 heterocycles. The summed E-state index contributed by atoms with van der Waals surface area (Å²) in [6.07, 6.45) is 1.03. The SMILES string of the molecule is N#CCCCOC(=O)OCCCC#N. The van der Waals surface area contributed by atoms with Crippen LogP contribution in [0.1, 0.15) is 25.7 Å². The second-order valence-electron chi connectivity index (χ2n) is 2.47. The predicted octanol–water partition coefficient (Wildman–Crippen LogP) is 1.75. The van der Waals surface area contributed by atoms with E-state index in [0.29, 0.717) is 25.7 Å². The van der Waals surface area contributed by atoms with Crippen molar-refractivity contribution >= 4 is 6.16 Å². The van der Waals surface area contributed by atoms with E-state index in [0.717, 1.165) is 0 Å². The maximum absolute atomic E-state index is 10.8. The maximum Gasteiger partial charge on any atom is 0.508 e. The molecule has 0 bridgehead atoms. The summed E-state index contributed by atoms with van der Waals surface area (Å²) >= 11 is 0. The summed E-state index contributed by atoms with van der Waals surface area (Å²) in [7, 11) is 0. The molecule has 0 rings (SSSR count). The standard InChI is InChI=1S/C9H12N2O3/c10-5-1-3-7-13-9(12)14-8-4-2-6-11/h1-4,7-8H2. The van der Waals surface area contributed by atoms with Gasteiger partial charge in [0.05, 0.1) is 25.4 Å². The largest absolute Gasteiger partial charge is 0.508 e. The van der Waals surface area contributed by atoms with Gasteiger partial charge in [-0.2, -0.15) is 10.5 Å². The Balaban J connectivity index is 3.21. The summed E-state index contributed by atoms with van der Waals surface area (Å²) < 4.78 is 9.26. The molecule has 5 nitrogen and oxygen atoms in total. The Morgan fingerprint density at radius 3 is 1.79 bits per heavy atom. The Labute approximate surface area is 82.8 Å². The van der Waals surface area contributed by atoms with Gasteiger partial charge in [0.25, 0.3) is 0 Å². The molecule has 0 aromatic carbocycles. The van der Waals surface area contributed by atoms with Gasteiger partial charge in [0.15, 0.2) is 0 Å². The van der Waals surface area contributed by atoms with Gasteiger partial charge in [-0.1, -0.05) is 0 Å². The molecule has 0 N–H and O–H groups in total. The molecule has 76 valence electrons. The van der Waals surface area contributed by atoms with Crippen LogP contribution in [0.15, 0.2) is 0 Å². The molecule has 0 unspecified atom stereocenters. The highest BCUT2D eigenvalue weighted by Crippen LogP contribution is 1.94. The molecule has 0 amide bonds. The summed E-state index contributed by atoms with van der Waals surface area (Å²) in [5.41, 5.74) is 0. The van der Waals surface area contributed by atoms with Crippen LogP contribution in [-0.4, -0.2) is 19.4 Å². The summed E-state index contributed by atoms with van der Waals surface area (Å²) in [5.74, 6) is 0. The second kappa shape index (κ2) is 9.34. The lowest BCUT2D eigenvalue weighted by molar-refractivity contribution is 0.0543. The van der Waals surface area contributed by atoms with E-state index in [4.69, 9.17) is 10.5 Å². The lowest BCUT2D eigenvalue weighted by atomic mass is 10.3. The van der Waals surface area contributed by atoms with Gasteiger partial charge < -0.3 is 9.47 Å². The van der Waals surface area contributed by atoms with E-state index in [1.54, 1.807) is 0 Å². The van der Waals surface area contributed by atoms with Crippen LogP contribution in [0, 0.1) is 22.7 Å². The number of nitriles is 2. The van der Waals surface area contributed by atoms with Crippen LogP contribution in [0.5, 0.6) is 0 Å². The van der Waals surface area contributed by atoms with Crippen molar-refractivity contribution in [2.24, 2.45) is 0 Å². The van der Waals surface area contributed by atoms with Crippen LogP contribution in [0.3, 0.4) is 0 Å². The predicted molar refractivity (Wildman–Crippen MR) is 47.0 cm³/mol. The molecule has 0 radical (unpaired) electrons. The minimum atomic E-state index is -0.735. The van der Waals surface area contributed by atoms with E-state index in [1.165, 1.54) is 0 Å². The zero-order chi connectivity index (χ0) is 10.6. The highest BCUT2D eigenvalue weighted by Gasteiger charge is 2.01. The van der Waals surface area contributed by atoms with Crippen molar-refractivity contribution in [3.05, 3.63) is 0 Å². The topological polar surface area (TPSA) is 83.1 Å². The third kappa shape index (κ3) is 8.35. The number of carbonyl (C=O) groups excluding carboxylic acids is 1. The Bertz CT molecular complexity index is 215. The van der Waals surface area contributed by atoms with Crippen LogP contribution in [0.25, 0.3) is 0 Å². The van der Waals surface area contributed by atoms with E-state index in [2.05, 4.69) is 9.47 Å². The number of nitrogens with zero attached hydrogens (tertiary/aromatic N) is 2. The molecule has 0 aromatic rings. The molecule has 0 aromatic heterocycles. The first kappa shape index (κ1) is 12.2. The van der Waals surface area contributed by atoms with Crippen molar-refractivity contribution < 1.29 is 14.3 Å². The number of hydrogen-bond acceptors (Lipinski definition) is 5. The Morgan fingerprint density at radius 1 is 1.00 bits per heavy atom. The van der Waals surface area contributed by atoms with Crippen molar-refractivity contribution in [1.29, 1.82) is 10.5 Å². The van der Waals surface area contributed by atoms with E-state index < -0.39 is 6.16 Å². The third-order valence-electron chi connectivity index (χ3n) is 1.31. The zero-order valence-electron chi connectivity index (χ0n) is 7.86. The molecular formula is C9H12N2O3. The van der Waals surface area contributed by atoms with Gasteiger partial charge in [-0.05, 0) is 12.8 Å². The minimum Gasteiger partial charge on any atom is -0.434 e. The minimum absolute atomic E-state index is 0.199. The molecule has 0 aliphatic heterocycles. The first-order valence-electron chi connectivity index (χ1n) is 4.34. The zero-order valence-corrected chi connectivity index (χ0v) is 7.86. The fourth-order valence-electron chi connectivity index (χ4n) is 0.655. The number of rotatable bonds is 6. The van der Waals surface area contributed by atoms with Crippen molar-refractivity contribution in [2.45, 2.75) is 25.7 Å². The van der Waals surface area contributed by atoms with E-state index in [9.17, 15) is 4.79 Å². The highest BCUT2D eigenvalue weighted by molar-refractivity contribution is 5.59. The van der Waals surface area contributed by atoms with Gasteiger partial charge in [-0.15, -0.1) is 0 Å².